The van der Waals surface area contributed by atoms with E-state index >= 15 is 0 Å². The van der Waals surface area contributed by atoms with Gasteiger partial charge in [0.1, 0.15) is 59.8 Å². The first-order chi connectivity index (χ1) is 65.2. The van der Waals surface area contributed by atoms with E-state index in [-0.39, 0.29) is 18.3 Å². The molecule has 0 atom stereocenters. The van der Waals surface area contributed by atoms with E-state index in [1.165, 1.54) is 59.1 Å². The summed E-state index contributed by atoms with van der Waals surface area (Å²) in [5.74, 6) is 2.66. The van der Waals surface area contributed by atoms with Gasteiger partial charge in [0.2, 0.25) is 0 Å². The van der Waals surface area contributed by atoms with Crippen molar-refractivity contribution in [2.24, 2.45) is 0 Å². The first kappa shape index (κ1) is 86.1. The van der Waals surface area contributed by atoms with Crippen molar-refractivity contribution < 1.29 is 42.6 Å². The molecule has 0 amide bonds. The first-order valence-electron chi connectivity index (χ1n) is 46.8. The lowest BCUT2D eigenvalue weighted by Gasteiger charge is -2.28. The maximum atomic E-state index is 9.84. The zero-order chi connectivity index (χ0) is 89.1. The summed E-state index contributed by atoms with van der Waals surface area (Å²) in [4.78, 5) is 21.4. The molecular formula is C110H107N13O9. The summed E-state index contributed by atoms with van der Waals surface area (Å²) < 4.78 is 53.1. The van der Waals surface area contributed by atoms with Crippen molar-refractivity contribution in [2.75, 3.05) is 133 Å². The second-order valence-electron chi connectivity index (χ2n) is 35.3. The third-order valence-electron chi connectivity index (χ3n) is 26.8. The number of fused-ring (bicyclic) bond motifs is 4. The molecule has 22 heteroatoms. The lowest BCUT2D eigenvalue weighted by Crippen LogP contribution is -2.36. The van der Waals surface area contributed by atoms with Crippen molar-refractivity contribution in [2.45, 2.75) is 107 Å². The second kappa shape index (κ2) is 40.2. The molecule has 0 radical (unpaired) electrons. The van der Waals surface area contributed by atoms with Crippen molar-refractivity contribution in [3.05, 3.63) is 259 Å². The molecule has 0 bridgehead atoms. The molecule has 1 aliphatic carbocycles. The van der Waals surface area contributed by atoms with E-state index in [2.05, 4.69) is 233 Å². The van der Waals surface area contributed by atoms with Crippen LogP contribution in [-0.2, 0) is 28.4 Å². The average molecular weight is 1760 g/mol. The summed E-state index contributed by atoms with van der Waals surface area (Å²) in [6.07, 6.45) is 16.5. The van der Waals surface area contributed by atoms with Gasteiger partial charge in [-0.1, -0.05) is 97.1 Å². The molecule has 1 saturated carbocycles. The molecule has 0 unspecified atom stereocenters. The Morgan fingerprint density at radius 1 is 0.311 bits per heavy atom. The molecule has 8 aliphatic rings. The van der Waals surface area contributed by atoms with Gasteiger partial charge in [-0.3, -0.25) is 4.68 Å². The van der Waals surface area contributed by atoms with Crippen LogP contribution < -0.4 is 28.9 Å². The van der Waals surface area contributed by atoms with Crippen LogP contribution in [-0.4, -0.2) is 167 Å². The van der Waals surface area contributed by atoms with Crippen molar-refractivity contribution in [3.8, 4) is 120 Å². The van der Waals surface area contributed by atoms with Crippen molar-refractivity contribution in [1.82, 2.24) is 29.7 Å². The largest absolute Gasteiger partial charge is 0.489 e. The van der Waals surface area contributed by atoms with Crippen molar-refractivity contribution in [3.63, 3.8) is 0 Å². The van der Waals surface area contributed by atoms with Crippen molar-refractivity contribution in [1.29, 1.82) is 21.0 Å². The number of morpholine rings is 2. The Morgan fingerprint density at radius 2 is 0.652 bits per heavy atom. The van der Waals surface area contributed by atoms with Gasteiger partial charge in [-0.05, 0) is 221 Å². The number of hydrogen-bond acceptors (Lipinski definition) is 17. The summed E-state index contributed by atoms with van der Waals surface area (Å²) >= 11 is 0. The van der Waals surface area contributed by atoms with Gasteiger partial charge >= 0.3 is 0 Å². The van der Waals surface area contributed by atoms with E-state index in [1.807, 2.05) is 66.9 Å². The number of nitrogens with zero attached hydrogens (tertiary/aromatic N) is 9. The van der Waals surface area contributed by atoms with Crippen LogP contribution in [0.25, 0.3) is 122 Å². The number of nitriles is 4. The van der Waals surface area contributed by atoms with Gasteiger partial charge in [-0.2, -0.15) is 26.1 Å². The highest BCUT2D eigenvalue weighted by molar-refractivity contribution is 6.02. The predicted octanol–water partition coefficient (Wildman–Crippen LogP) is 22.2. The van der Waals surface area contributed by atoms with E-state index in [1.54, 1.807) is 0 Å². The van der Waals surface area contributed by atoms with Gasteiger partial charge in [-0.15, -0.1) is 0 Å². The van der Waals surface area contributed by atoms with Crippen LogP contribution >= 0.6 is 0 Å². The highest BCUT2D eigenvalue weighted by Crippen LogP contribution is 2.45. The molecule has 23 rings (SSSR count). The summed E-state index contributed by atoms with van der Waals surface area (Å²) in [6.45, 7) is 14.8. The average Bonchev–Trinajstić information content (AvgIpc) is 1.64. The van der Waals surface area contributed by atoms with E-state index in [9.17, 15) is 21.0 Å². The molecule has 132 heavy (non-hydrogen) atoms. The highest BCUT2D eigenvalue weighted by Gasteiger charge is 2.29. The Hall–Kier alpha value is -13.9. The fraction of sp³-hybridized carbons (Fsp3) is 0.318. The molecule has 8 fully saturated rings. The van der Waals surface area contributed by atoms with E-state index in [4.69, 9.17) is 42.6 Å². The van der Waals surface area contributed by atoms with Crippen LogP contribution in [0.1, 0.15) is 117 Å². The minimum Gasteiger partial charge on any atom is -0.489 e. The first-order valence-corrected chi connectivity index (χ1v) is 46.8. The van der Waals surface area contributed by atoms with Crippen molar-refractivity contribution >= 4 is 60.7 Å². The number of rotatable bonds is 18. The normalized spacial score (nSPS) is 17.0. The smallest absolute Gasteiger partial charge is 0.137 e. The Bertz CT molecular complexity index is 6750. The van der Waals surface area contributed by atoms with Crippen LogP contribution in [0.3, 0.4) is 0 Å². The standard InChI is InChI=1S/C30H29N3O3.C29H28N4O.C28H28N4O3.C23H22N2O2/c31-20-23-18-22(6-9-30(23)36-25-10-14-34-15-11-25)26-2-1-3-28-27(26)19-29(32-28)21-4-7-24(8-5-21)33-12-16-35-17-13-33;30-20-23-18-22(8-11-29(23)33-12-1-2-13-33)25-4-3-5-27-26(25)19-28(31-27)21-6-9-24(10-7-21)32-14-16-34-17-15-32;29-16-20-14-19(4-5-28(20)35-23-8-12-34-13-9-23)24-2-1-3-26-25(24)15-27(31-26)21-17-30-32(18-21)22-6-10-33-11-7-22;24-14-17-12-16(6-7-23(17)27-18-8-10-26-11-9-18)19-2-1-3-21-20(19)13-22(25-21)15-4-5-15/h1-9,18-19,25,32H,10-17H2;3-11,18-19,31H,1-2,12-17H2;1-5,14-15,17-18,22-23,31H,6-13H2;1-3,6-7,12-13,15,18,25H,4-5,8-11H2. The van der Waals surface area contributed by atoms with Crippen LogP contribution in [0.4, 0.5) is 17.1 Å². The minimum atomic E-state index is 0.0967. The highest BCUT2D eigenvalue weighted by atomic mass is 16.5. The van der Waals surface area contributed by atoms with Gasteiger partial charge < -0.3 is 77.3 Å². The Morgan fingerprint density at radius 3 is 1.04 bits per heavy atom. The van der Waals surface area contributed by atoms with Crippen LogP contribution in [0.15, 0.2) is 231 Å². The molecule has 12 heterocycles. The molecular weight excluding hydrogens is 1650 g/mol. The molecule has 22 nitrogen and oxygen atoms in total. The molecule has 7 aliphatic heterocycles. The molecule has 10 aromatic carbocycles. The molecule has 7 saturated heterocycles. The molecule has 0 spiro atoms. The predicted molar refractivity (Wildman–Crippen MR) is 518 cm³/mol. The van der Waals surface area contributed by atoms with E-state index < -0.39 is 0 Å². The molecule has 666 valence electrons. The van der Waals surface area contributed by atoms with E-state index in [0.717, 1.165) is 260 Å². The number of aromatic nitrogens is 6. The third kappa shape index (κ3) is 19.5. The lowest BCUT2D eigenvalue weighted by molar-refractivity contribution is 0.0252. The lowest BCUT2D eigenvalue weighted by atomic mass is 9.98. The van der Waals surface area contributed by atoms with Gasteiger partial charge in [0.25, 0.3) is 0 Å². The number of aromatic amines is 4. The summed E-state index contributed by atoms with van der Waals surface area (Å²) in [6, 6.07) is 85.4. The third-order valence-corrected chi connectivity index (χ3v) is 26.8. The zero-order valence-corrected chi connectivity index (χ0v) is 74.2. The maximum absolute atomic E-state index is 9.84. The second-order valence-corrected chi connectivity index (χ2v) is 35.3. The number of benzene rings is 10. The number of ether oxygens (including phenoxy) is 9. The molecule has 15 aromatic rings. The number of hydrogen-bond donors (Lipinski definition) is 4. The Labute approximate surface area is 768 Å². The Kier molecular flexibility index (Phi) is 26.2. The summed E-state index contributed by atoms with van der Waals surface area (Å²) in [5, 5.41) is 48.4. The van der Waals surface area contributed by atoms with Gasteiger partial charge in [0.05, 0.1) is 106 Å². The Balaban J connectivity index is 0.000000110. The van der Waals surface area contributed by atoms with Gasteiger partial charge in [0.15, 0.2) is 0 Å². The SMILES string of the molecule is N#Cc1cc(-c2cccc3[nH]c(-c4ccc(N5CCOCC5)cc4)cc23)ccc1N1CCCC1.N#Cc1cc(-c2cccc3[nH]c(-c4ccc(N5CCOCC5)cc4)cc23)ccc1OC1CCOCC1.N#Cc1cc(-c2cccc3[nH]c(-c4cnn(C5CCOCC5)c4)cc23)ccc1OC1CCOCC1.N#Cc1cc(-c2cccc3[nH]c(C4CC4)cc23)ccc1OC1CCOCC1. The monoisotopic (exact) mass is 1750 g/mol. The van der Waals surface area contributed by atoms with Crippen LogP contribution in [0.5, 0.6) is 17.2 Å². The summed E-state index contributed by atoms with van der Waals surface area (Å²) in [7, 11) is 0. The quantitative estimate of drug-likeness (QED) is 0.0622. The number of anilines is 3. The minimum absolute atomic E-state index is 0.0967. The number of nitrogens with one attached hydrogen (secondary N) is 4. The maximum Gasteiger partial charge on any atom is 0.137 e. The van der Waals surface area contributed by atoms with Gasteiger partial charge in [-0.25, -0.2) is 0 Å². The zero-order valence-electron chi connectivity index (χ0n) is 74.2. The fourth-order valence-electron chi connectivity index (χ4n) is 19.3. The van der Waals surface area contributed by atoms with Crippen LogP contribution in [0.2, 0.25) is 0 Å². The molecule has 4 N–H and O–H groups in total. The topological polar surface area (TPSA) is 269 Å². The van der Waals surface area contributed by atoms with Crippen LogP contribution in [0, 0.1) is 45.3 Å². The number of H-pyrrole nitrogens is 4. The van der Waals surface area contributed by atoms with E-state index in [0.29, 0.717) is 72.3 Å². The van der Waals surface area contributed by atoms with Gasteiger partial charge in [0, 0.05) is 181 Å². The summed E-state index contributed by atoms with van der Waals surface area (Å²) in [5.41, 5.74) is 26.9. The molecule has 5 aromatic heterocycles. The fourth-order valence-corrected chi connectivity index (χ4v) is 19.3.